The molecule has 1 aliphatic heterocycles. The Labute approximate surface area is 125 Å². The summed E-state index contributed by atoms with van der Waals surface area (Å²) in [7, 11) is 2.57. The first-order valence-electron chi connectivity index (χ1n) is 6.55. The number of carbonyl (C=O) groups excluding carboxylic acids is 2. The van der Waals surface area contributed by atoms with Gasteiger partial charge in [0.2, 0.25) is 0 Å². The fourth-order valence-corrected chi connectivity index (χ4v) is 4.20. The second kappa shape index (κ2) is 5.14. The van der Waals surface area contributed by atoms with Crippen LogP contribution in [-0.4, -0.2) is 38.5 Å². The van der Waals surface area contributed by atoms with Crippen LogP contribution >= 0.6 is 11.3 Å². The molecule has 6 nitrogen and oxygen atoms in total. The number of ether oxygens (including phenoxy) is 2. The molecule has 1 aromatic rings. The van der Waals surface area contributed by atoms with Crippen LogP contribution in [-0.2, 0) is 23.9 Å². The third-order valence-electron chi connectivity index (χ3n) is 4.15. The Hall–Kier alpha value is -1.89. The molecule has 1 aliphatic carbocycles. The predicted octanol–water partition coefficient (Wildman–Crippen LogP) is 1.57. The van der Waals surface area contributed by atoms with Crippen LogP contribution in [0.25, 0.3) is 0 Å². The molecule has 0 spiro atoms. The van der Waals surface area contributed by atoms with E-state index in [-0.39, 0.29) is 5.92 Å². The summed E-state index contributed by atoms with van der Waals surface area (Å²) < 4.78 is 9.85. The Morgan fingerprint density at radius 2 is 2.10 bits per heavy atom. The fourth-order valence-electron chi connectivity index (χ4n) is 3.27. The normalized spacial score (nSPS) is 25.7. The maximum atomic E-state index is 12.5. The number of methoxy groups -OCH3 is 2. The molecule has 0 saturated heterocycles. The van der Waals surface area contributed by atoms with Crippen molar-refractivity contribution in [2.75, 3.05) is 20.8 Å². The molecular weight excluding hydrogens is 294 g/mol. The van der Waals surface area contributed by atoms with Crippen molar-refractivity contribution in [3.05, 3.63) is 22.4 Å². The zero-order valence-electron chi connectivity index (χ0n) is 11.7. The third-order valence-corrected chi connectivity index (χ3v) is 5.09. The molecule has 3 rings (SSSR count). The number of hydrogen-bond donors (Lipinski definition) is 0. The van der Waals surface area contributed by atoms with Crippen molar-refractivity contribution in [3.63, 3.8) is 0 Å². The summed E-state index contributed by atoms with van der Waals surface area (Å²) in [6, 6.07) is 3.77. The number of esters is 2. The van der Waals surface area contributed by atoms with E-state index < -0.39 is 23.3 Å². The van der Waals surface area contributed by atoms with Crippen LogP contribution in [0.4, 0.5) is 0 Å². The zero-order chi connectivity index (χ0) is 15.0. The second-order valence-electron chi connectivity index (χ2n) is 5.12. The number of oxime groups is 1. The smallest absolute Gasteiger partial charge is 0.324 e. The highest BCUT2D eigenvalue weighted by Crippen LogP contribution is 2.54. The van der Waals surface area contributed by atoms with Crippen molar-refractivity contribution in [3.8, 4) is 0 Å². The highest BCUT2D eigenvalue weighted by atomic mass is 32.1. The number of hydrogen-bond acceptors (Lipinski definition) is 7. The van der Waals surface area contributed by atoms with E-state index in [1.54, 1.807) is 0 Å². The molecule has 1 aromatic heterocycles. The number of thiophene rings is 1. The molecule has 2 heterocycles. The molecule has 0 unspecified atom stereocenters. The lowest BCUT2D eigenvalue weighted by molar-refractivity contribution is -0.170. The van der Waals surface area contributed by atoms with Crippen LogP contribution in [0.2, 0.25) is 0 Å². The topological polar surface area (TPSA) is 74.2 Å². The van der Waals surface area contributed by atoms with E-state index in [0.29, 0.717) is 13.0 Å². The van der Waals surface area contributed by atoms with E-state index in [2.05, 4.69) is 5.16 Å². The Morgan fingerprint density at radius 1 is 1.38 bits per heavy atom. The highest BCUT2D eigenvalue weighted by molar-refractivity contribution is 7.10. The van der Waals surface area contributed by atoms with Gasteiger partial charge in [-0.1, -0.05) is 11.2 Å². The summed E-state index contributed by atoms with van der Waals surface area (Å²) in [6.07, 6.45) is 0.299. The standard InChI is InChI=1S/C14H15NO5S/c1-18-12(16)14(13(17)19-2)6-8-7-20-15-11(8)10(14)9-4-3-5-21-9/h3-5,8,10H,6-7H2,1-2H3/t8-,10-/m0/s1. The van der Waals surface area contributed by atoms with E-state index in [9.17, 15) is 9.59 Å². The van der Waals surface area contributed by atoms with Gasteiger partial charge in [0.1, 0.15) is 6.61 Å². The summed E-state index contributed by atoms with van der Waals surface area (Å²) in [6.45, 7) is 0.382. The zero-order valence-corrected chi connectivity index (χ0v) is 12.5. The number of rotatable bonds is 3. The van der Waals surface area contributed by atoms with Gasteiger partial charge in [0.15, 0.2) is 5.41 Å². The van der Waals surface area contributed by atoms with Crippen molar-refractivity contribution < 1.29 is 23.9 Å². The van der Waals surface area contributed by atoms with Gasteiger partial charge in [0, 0.05) is 10.8 Å². The number of fused-ring (bicyclic) bond motifs is 1. The molecule has 0 radical (unpaired) electrons. The first-order chi connectivity index (χ1) is 10.1. The molecule has 21 heavy (non-hydrogen) atoms. The average molecular weight is 309 g/mol. The van der Waals surface area contributed by atoms with Crippen LogP contribution in [0, 0.1) is 11.3 Å². The van der Waals surface area contributed by atoms with E-state index in [0.717, 1.165) is 10.6 Å². The first kappa shape index (κ1) is 14.1. The summed E-state index contributed by atoms with van der Waals surface area (Å²) in [5, 5.41) is 5.97. The van der Waals surface area contributed by atoms with Gasteiger partial charge in [0.05, 0.1) is 25.8 Å². The maximum Gasteiger partial charge on any atom is 0.324 e. The average Bonchev–Trinajstić information content (AvgIpc) is 3.20. The second-order valence-corrected chi connectivity index (χ2v) is 6.10. The SMILES string of the molecule is COC(=O)C1(C(=O)OC)C[C@H]2CON=C2[C@@H]1c1cccs1. The predicted molar refractivity (Wildman–Crippen MR) is 75.0 cm³/mol. The molecule has 0 N–H and O–H groups in total. The van der Waals surface area contributed by atoms with Gasteiger partial charge < -0.3 is 14.3 Å². The molecule has 0 aromatic carbocycles. The Balaban J connectivity index is 2.17. The van der Waals surface area contributed by atoms with Gasteiger partial charge >= 0.3 is 11.9 Å². The minimum absolute atomic E-state index is 0.0599. The van der Waals surface area contributed by atoms with Crippen molar-refractivity contribution in [1.82, 2.24) is 0 Å². The van der Waals surface area contributed by atoms with Crippen LogP contribution in [0.15, 0.2) is 22.7 Å². The minimum atomic E-state index is -1.37. The Bertz CT molecular complexity index is 579. The number of carbonyl (C=O) groups is 2. The van der Waals surface area contributed by atoms with E-state index in [4.69, 9.17) is 14.3 Å². The first-order valence-corrected chi connectivity index (χ1v) is 7.43. The summed E-state index contributed by atoms with van der Waals surface area (Å²) >= 11 is 1.48. The van der Waals surface area contributed by atoms with E-state index in [1.165, 1.54) is 25.6 Å². The fraction of sp³-hybridized carbons (Fsp3) is 0.500. The molecule has 0 amide bonds. The van der Waals surface area contributed by atoms with Gasteiger partial charge in [-0.15, -0.1) is 11.3 Å². The lowest BCUT2D eigenvalue weighted by Gasteiger charge is -2.29. The Kier molecular flexibility index (Phi) is 3.44. The van der Waals surface area contributed by atoms with Gasteiger partial charge in [-0.25, -0.2) is 0 Å². The maximum absolute atomic E-state index is 12.5. The monoisotopic (exact) mass is 309 g/mol. The van der Waals surface area contributed by atoms with Gasteiger partial charge in [0.25, 0.3) is 0 Å². The minimum Gasteiger partial charge on any atom is -0.468 e. The molecule has 2 atom stereocenters. The lowest BCUT2D eigenvalue weighted by atomic mass is 9.76. The third kappa shape index (κ3) is 1.87. The van der Waals surface area contributed by atoms with Crippen LogP contribution in [0.1, 0.15) is 17.2 Å². The molecule has 0 bridgehead atoms. The van der Waals surface area contributed by atoms with Crippen molar-refractivity contribution in [2.45, 2.75) is 12.3 Å². The van der Waals surface area contributed by atoms with Crippen molar-refractivity contribution in [2.24, 2.45) is 16.5 Å². The molecule has 112 valence electrons. The largest absolute Gasteiger partial charge is 0.468 e. The van der Waals surface area contributed by atoms with Gasteiger partial charge in [-0.3, -0.25) is 9.59 Å². The summed E-state index contributed by atoms with van der Waals surface area (Å²) in [4.78, 5) is 31.0. The van der Waals surface area contributed by atoms with Gasteiger partial charge in [-0.05, 0) is 17.9 Å². The molecule has 2 aliphatic rings. The quantitative estimate of drug-likeness (QED) is 0.626. The summed E-state index contributed by atoms with van der Waals surface area (Å²) in [5.41, 5.74) is -0.644. The molecule has 1 saturated carbocycles. The van der Waals surface area contributed by atoms with Gasteiger partial charge in [-0.2, -0.15) is 0 Å². The number of nitrogens with zero attached hydrogens (tertiary/aromatic N) is 1. The highest BCUT2D eigenvalue weighted by Gasteiger charge is 2.65. The van der Waals surface area contributed by atoms with Crippen LogP contribution in [0.3, 0.4) is 0 Å². The van der Waals surface area contributed by atoms with Crippen LogP contribution < -0.4 is 0 Å². The van der Waals surface area contributed by atoms with Crippen molar-refractivity contribution in [1.29, 1.82) is 0 Å². The molecule has 7 heteroatoms. The molecule has 1 fully saturated rings. The van der Waals surface area contributed by atoms with E-state index >= 15 is 0 Å². The van der Waals surface area contributed by atoms with Crippen LogP contribution in [0.5, 0.6) is 0 Å². The lowest BCUT2D eigenvalue weighted by Crippen LogP contribution is -2.44. The molecular formula is C14H15NO5S. The Morgan fingerprint density at radius 3 is 2.67 bits per heavy atom. The summed E-state index contributed by atoms with van der Waals surface area (Å²) in [5.74, 6) is -1.70. The van der Waals surface area contributed by atoms with Crippen molar-refractivity contribution >= 4 is 29.0 Å². The van der Waals surface area contributed by atoms with E-state index in [1.807, 2.05) is 17.5 Å².